The topological polar surface area (TPSA) is 0 Å². The van der Waals surface area contributed by atoms with Gasteiger partial charge in [-0.1, -0.05) is 31.9 Å². The van der Waals surface area contributed by atoms with Crippen LogP contribution in [0.15, 0.2) is 27.1 Å². The Morgan fingerprint density at radius 1 is 0.358 bits per heavy atom. The molecule has 312 valence electrons. The minimum atomic E-state index is -7.47. The molecular formula is C27H22Br2F24. The predicted molar refractivity (Wildman–Crippen MR) is 143 cm³/mol. The highest BCUT2D eigenvalue weighted by atomic mass is 79.9. The van der Waals surface area contributed by atoms with E-state index in [1.807, 2.05) is 0 Å². The molecule has 1 rings (SSSR count). The number of hydrogen-bond acceptors (Lipinski definition) is 0. The molecule has 0 aliphatic carbocycles. The van der Waals surface area contributed by atoms with Gasteiger partial charge in [-0.2, -0.15) is 79.0 Å². The maximum absolute atomic E-state index is 15.1. The molecule has 1 aromatic rings. The Kier molecular flexibility index (Phi) is 15.8. The van der Waals surface area contributed by atoms with E-state index in [1.54, 1.807) is 0 Å². The summed E-state index contributed by atoms with van der Waals surface area (Å²) in [5, 5.41) is 0. The predicted octanol–water partition coefficient (Wildman–Crippen LogP) is 13.2. The van der Waals surface area contributed by atoms with Gasteiger partial charge < -0.3 is 0 Å². The van der Waals surface area contributed by atoms with Crippen LogP contribution in [0.3, 0.4) is 0 Å². The van der Waals surface area contributed by atoms with Crippen LogP contribution in [0, 0.1) is 46.3 Å². The van der Waals surface area contributed by atoms with Crippen LogP contribution in [0.25, 0.3) is 0 Å². The Labute approximate surface area is 299 Å². The first-order valence-electron chi connectivity index (χ1n) is 13.9. The summed E-state index contributed by atoms with van der Waals surface area (Å²) in [4.78, 5) is 0. The Morgan fingerprint density at radius 2 is 0.604 bits per heavy atom. The Balaban J connectivity index is 5.81. The minimum Gasteiger partial charge on any atom is -0.250 e. The van der Waals surface area contributed by atoms with E-state index >= 15 is 35.1 Å². The molecule has 26 heteroatoms. The third kappa shape index (κ3) is 9.55. The Hall–Kier alpha value is -1.50. The third-order valence-electron chi connectivity index (χ3n) is 9.13. The van der Waals surface area contributed by atoms with Gasteiger partial charge in [0.05, 0.1) is 35.5 Å². The molecule has 1 aromatic carbocycles. The van der Waals surface area contributed by atoms with Gasteiger partial charge in [0, 0.05) is 25.7 Å². The van der Waals surface area contributed by atoms with Crippen molar-refractivity contribution in [2.24, 2.45) is 46.3 Å². The number of benzene rings is 1. The van der Waals surface area contributed by atoms with E-state index < -0.39 is 144 Å². The van der Waals surface area contributed by atoms with Gasteiger partial charge in [0.1, 0.15) is 40.0 Å². The Morgan fingerprint density at radius 3 is 0.792 bits per heavy atom. The van der Waals surface area contributed by atoms with E-state index in [-0.39, 0.29) is 12.1 Å². The van der Waals surface area contributed by atoms with Crippen molar-refractivity contribution in [2.45, 2.75) is 43.0 Å². The summed E-state index contributed by atoms with van der Waals surface area (Å²) >= 11 is 4.83. The summed E-state index contributed by atoms with van der Waals surface area (Å²) < 4.78 is 356. The van der Waals surface area contributed by atoms with Gasteiger partial charge in [0.25, 0.3) is 0 Å². The zero-order valence-corrected chi connectivity index (χ0v) is 28.5. The van der Waals surface area contributed by atoms with Gasteiger partial charge in [-0.05, 0) is 23.8 Å². The largest absolute Gasteiger partial charge is 0.394 e. The average Bonchev–Trinajstić information content (AvgIpc) is 2.91. The van der Waals surface area contributed by atoms with Crippen molar-refractivity contribution >= 4 is 31.9 Å². The second-order valence-corrected chi connectivity index (χ2v) is 13.4. The zero-order valence-electron chi connectivity index (χ0n) is 25.3. The summed E-state index contributed by atoms with van der Waals surface area (Å²) in [5.41, 5.74) is -16.3. The van der Waals surface area contributed by atoms with Crippen LogP contribution in [0.2, 0.25) is 0 Å². The van der Waals surface area contributed by atoms with E-state index in [0.717, 1.165) is 0 Å². The molecular weight excluding hydrogens is 940 g/mol. The SMILES string of the molecule is FCC(C(c1cc(Br)cc(Br)c1)C(C(CF)C(F)(F)F)(C(CF)C(F)(F)F)C(C(CF)C(F)(F)F)(C(CF)C(F)(F)F)C(CF)C(F)(F)F)C(F)(F)F. The molecule has 0 spiro atoms. The zero-order chi connectivity index (χ0) is 42.1. The van der Waals surface area contributed by atoms with Crippen molar-refractivity contribution in [1.82, 2.24) is 0 Å². The lowest BCUT2D eigenvalue weighted by atomic mass is 9.35. The number of halogens is 26. The molecule has 0 aliphatic rings. The normalized spacial score (nSPS) is 20.5. The summed E-state index contributed by atoms with van der Waals surface area (Å²) in [6.07, 6.45) is -44.2. The van der Waals surface area contributed by atoms with Crippen molar-refractivity contribution in [3.8, 4) is 0 Å². The van der Waals surface area contributed by atoms with Crippen molar-refractivity contribution in [3.63, 3.8) is 0 Å². The van der Waals surface area contributed by atoms with Crippen LogP contribution in [-0.2, 0) is 0 Å². The fourth-order valence-corrected chi connectivity index (χ4v) is 8.90. The van der Waals surface area contributed by atoms with Crippen LogP contribution < -0.4 is 0 Å². The lowest BCUT2D eigenvalue weighted by Gasteiger charge is -2.67. The first kappa shape index (κ1) is 49.5. The Bertz CT molecular complexity index is 1210. The van der Waals surface area contributed by atoms with Gasteiger partial charge in [-0.25, -0.2) is 0 Å². The molecule has 0 aromatic heterocycles. The molecule has 0 aliphatic heterocycles. The highest BCUT2D eigenvalue weighted by Crippen LogP contribution is 2.78. The number of alkyl halides is 24. The molecule has 0 saturated heterocycles. The second-order valence-electron chi connectivity index (χ2n) is 11.6. The fourth-order valence-electron chi connectivity index (χ4n) is 7.57. The van der Waals surface area contributed by atoms with Crippen LogP contribution in [-0.4, -0.2) is 77.1 Å². The van der Waals surface area contributed by atoms with Crippen LogP contribution >= 0.6 is 31.9 Å². The van der Waals surface area contributed by atoms with Gasteiger partial charge in [0.15, 0.2) is 0 Å². The van der Waals surface area contributed by atoms with Crippen molar-refractivity contribution in [1.29, 1.82) is 0 Å². The molecule has 0 amide bonds. The standard InChI is InChI=1S/C27H22Br2F24/c28-11-1-10(2-12(29)3-11)19(13(4-30)22(36,37)38)21(17(8-34)26(48,49)50,18(9-35)27(51,52)53)20(14(5-31)23(39,40)41,15(6-32)24(42,43)44)16(7-33)25(45,46)47/h1-3,13-19H,4-9H2. The number of hydrogen-bond donors (Lipinski definition) is 0. The molecule has 53 heavy (non-hydrogen) atoms. The van der Waals surface area contributed by atoms with E-state index in [1.165, 1.54) is 0 Å². The van der Waals surface area contributed by atoms with Gasteiger partial charge in [-0.3, -0.25) is 26.3 Å². The average molecular weight is 962 g/mol. The molecule has 7 atom stereocenters. The van der Waals surface area contributed by atoms with Crippen LogP contribution in [0.5, 0.6) is 0 Å². The monoisotopic (exact) mass is 960 g/mol. The maximum atomic E-state index is 15.1. The van der Waals surface area contributed by atoms with E-state index in [2.05, 4.69) is 31.9 Å². The van der Waals surface area contributed by atoms with Gasteiger partial charge >= 0.3 is 37.1 Å². The molecule has 0 nitrogen and oxygen atoms in total. The lowest BCUT2D eigenvalue weighted by Crippen LogP contribution is -2.75. The lowest BCUT2D eigenvalue weighted by molar-refractivity contribution is -0.403. The first-order chi connectivity index (χ1) is 23.7. The summed E-state index contributed by atoms with van der Waals surface area (Å²) in [6, 6.07) is 0.185. The first-order valence-corrected chi connectivity index (χ1v) is 15.5. The molecule has 0 bridgehead atoms. The van der Waals surface area contributed by atoms with Crippen LogP contribution in [0.4, 0.5) is 105 Å². The molecule has 0 heterocycles. The van der Waals surface area contributed by atoms with Crippen molar-refractivity contribution in [3.05, 3.63) is 32.7 Å². The van der Waals surface area contributed by atoms with Gasteiger partial charge in [-0.15, -0.1) is 0 Å². The number of rotatable bonds is 15. The maximum Gasteiger partial charge on any atom is 0.394 e. The molecule has 0 N–H and O–H groups in total. The quantitative estimate of drug-likeness (QED) is 0.154. The fraction of sp³-hybridized carbons (Fsp3) is 0.778. The highest BCUT2D eigenvalue weighted by molar-refractivity contribution is 9.11. The summed E-state index contributed by atoms with van der Waals surface area (Å²) in [6.45, 7) is -24.1. The molecule has 0 radical (unpaired) electrons. The van der Waals surface area contributed by atoms with E-state index in [0.29, 0.717) is 6.07 Å². The molecule has 0 saturated carbocycles. The van der Waals surface area contributed by atoms with Crippen LogP contribution in [0.1, 0.15) is 11.5 Å². The second kappa shape index (κ2) is 16.9. The molecule has 7 unspecified atom stereocenters. The summed E-state index contributed by atoms with van der Waals surface area (Å²) in [7, 11) is 0. The van der Waals surface area contributed by atoms with Gasteiger partial charge in [0.2, 0.25) is 0 Å². The highest BCUT2D eigenvalue weighted by Gasteiger charge is 2.86. The third-order valence-corrected chi connectivity index (χ3v) is 10.0. The van der Waals surface area contributed by atoms with Crippen molar-refractivity contribution in [2.75, 3.05) is 40.0 Å². The molecule has 0 fully saturated rings. The van der Waals surface area contributed by atoms with E-state index in [9.17, 15) is 70.2 Å². The van der Waals surface area contributed by atoms with E-state index in [4.69, 9.17) is 0 Å². The minimum absolute atomic E-state index is 0.200. The smallest absolute Gasteiger partial charge is 0.250 e. The summed E-state index contributed by atoms with van der Waals surface area (Å²) in [5.74, 6) is -39.5. The van der Waals surface area contributed by atoms with Crippen molar-refractivity contribution < 1.29 is 105 Å².